The van der Waals surface area contributed by atoms with Crippen molar-refractivity contribution < 1.29 is 53.0 Å². The Morgan fingerprint density at radius 3 is 2.05 bits per heavy atom. The van der Waals surface area contributed by atoms with Gasteiger partial charge in [-0.15, -0.1) is 11.8 Å². The number of cyclic esters (lactones) is 2. The predicted octanol–water partition coefficient (Wildman–Crippen LogP) is 7.21. The monoisotopic (exact) mass is 785 g/mol. The summed E-state index contributed by atoms with van der Waals surface area (Å²) >= 11 is 1.60. The van der Waals surface area contributed by atoms with Crippen molar-refractivity contribution in [2.45, 2.75) is 68.4 Å². The van der Waals surface area contributed by atoms with Crippen LogP contribution in [0.4, 0.5) is 0 Å². The topological polar surface area (TPSA) is 150 Å². The highest BCUT2D eigenvalue weighted by molar-refractivity contribution is 7.98. The van der Waals surface area contributed by atoms with Crippen LogP contribution in [-0.2, 0) is 42.7 Å². The Labute approximate surface area is 330 Å². The zero-order valence-electron chi connectivity index (χ0n) is 31.2. The highest BCUT2D eigenvalue weighted by atomic mass is 32.2. The Bertz CT molecular complexity index is 1920. The summed E-state index contributed by atoms with van der Waals surface area (Å²) in [6.45, 7) is 4.14. The molecule has 1 unspecified atom stereocenters. The Kier molecular flexibility index (Phi) is 14.9. The SMILES string of the molecule is O=C1CCC(N2Cc3cc(OCCCOCCCOCCCCOc4ccc(OCc5ccc(O)cc5SCc5ccc(O)cc5)cc4)ccc3C2=O)C(=O)O1. The Hall–Kier alpha value is -5.24. The van der Waals surface area contributed by atoms with Crippen LogP contribution in [0.15, 0.2) is 89.8 Å². The van der Waals surface area contributed by atoms with E-state index in [1.54, 1.807) is 48.2 Å². The molecule has 2 heterocycles. The summed E-state index contributed by atoms with van der Waals surface area (Å²) < 4.78 is 34.0. The van der Waals surface area contributed by atoms with E-state index in [1.165, 1.54) is 4.90 Å². The van der Waals surface area contributed by atoms with E-state index < -0.39 is 18.0 Å². The lowest BCUT2D eigenvalue weighted by Crippen LogP contribution is -2.45. The number of carbonyl (C=O) groups is 3. The van der Waals surface area contributed by atoms with Crippen molar-refractivity contribution in [3.05, 3.63) is 107 Å². The van der Waals surface area contributed by atoms with E-state index in [9.17, 15) is 24.6 Å². The minimum atomic E-state index is -0.743. The first kappa shape index (κ1) is 40.4. The molecule has 13 heteroatoms. The zero-order valence-corrected chi connectivity index (χ0v) is 32.0. The van der Waals surface area contributed by atoms with Gasteiger partial charge >= 0.3 is 11.9 Å². The number of thioether (sulfide) groups is 1. The normalized spacial score (nSPS) is 15.1. The fraction of sp³-hybridized carbons (Fsp3) is 0.372. The molecule has 1 amide bonds. The molecule has 56 heavy (non-hydrogen) atoms. The third-order valence-electron chi connectivity index (χ3n) is 9.22. The molecule has 2 aliphatic rings. The fourth-order valence-electron chi connectivity index (χ4n) is 6.21. The van der Waals surface area contributed by atoms with Crippen LogP contribution in [0.25, 0.3) is 0 Å². The number of unbranched alkanes of at least 4 members (excludes halogenated alkanes) is 1. The minimum absolute atomic E-state index is 0.116. The Balaban J connectivity index is 0.760. The van der Waals surface area contributed by atoms with Gasteiger partial charge in [0.05, 0.1) is 13.2 Å². The Morgan fingerprint density at radius 2 is 1.30 bits per heavy atom. The number of esters is 2. The maximum absolute atomic E-state index is 12.8. The van der Waals surface area contributed by atoms with Gasteiger partial charge in [-0.3, -0.25) is 9.59 Å². The summed E-state index contributed by atoms with van der Waals surface area (Å²) in [5.41, 5.74) is 3.37. The second-order valence-corrected chi connectivity index (χ2v) is 14.5. The van der Waals surface area contributed by atoms with Gasteiger partial charge in [0.25, 0.3) is 5.91 Å². The van der Waals surface area contributed by atoms with E-state index in [4.69, 9.17) is 28.4 Å². The lowest BCUT2D eigenvalue weighted by Gasteiger charge is -2.28. The van der Waals surface area contributed by atoms with Crippen molar-refractivity contribution in [3.8, 4) is 28.7 Å². The molecule has 0 bridgehead atoms. The van der Waals surface area contributed by atoms with Crippen molar-refractivity contribution in [1.82, 2.24) is 4.90 Å². The molecule has 2 N–H and O–H groups in total. The number of rotatable bonds is 22. The summed E-state index contributed by atoms with van der Waals surface area (Å²) in [7, 11) is 0. The molecule has 0 saturated carbocycles. The molecular formula is C43H47NO11S. The van der Waals surface area contributed by atoms with E-state index in [2.05, 4.69) is 0 Å². The molecule has 6 rings (SSSR count). The van der Waals surface area contributed by atoms with Crippen LogP contribution in [0.1, 0.15) is 65.6 Å². The van der Waals surface area contributed by atoms with Crippen LogP contribution < -0.4 is 14.2 Å². The first-order valence-electron chi connectivity index (χ1n) is 18.9. The first-order valence-corrected chi connectivity index (χ1v) is 19.9. The molecule has 4 aromatic carbocycles. The van der Waals surface area contributed by atoms with Gasteiger partial charge in [0.1, 0.15) is 41.4 Å². The lowest BCUT2D eigenvalue weighted by atomic mass is 10.1. The molecule has 12 nitrogen and oxygen atoms in total. The number of phenolic OH excluding ortho intramolecular Hbond substituents is 2. The summed E-state index contributed by atoms with van der Waals surface area (Å²) in [4.78, 5) is 38.7. The van der Waals surface area contributed by atoms with Crippen molar-refractivity contribution in [3.63, 3.8) is 0 Å². The molecule has 0 aromatic heterocycles. The van der Waals surface area contributed by atoms with Crippen molar-refractivity contribution in [2.75, 3.05) is 39.6 Å². The third kappa shape index (κ3) is 11.9. The van der Waals surface area contributed by atoms with Gasteiger partial charge in [-0.1, -0.05) is 18.2 Å². The van der Waals surface area contributed by atoms with Crippen molar-refractivity contribution >= 4 is 29.6 Å². The summed E-state index contributed by atoms with van der Waals surface area (Å²) in [6.07, 6.45) is 3.67. The van der Waals surface area contributed by atoms with Crippen LogP contribution in [0.3, 0.4) is 0 Å². The zero-order chi connectivity index (χ0) is 39.1. The van der Waals surface area contributed by atoms with Gasteiger partial charge in [-0.05, 0) is 104 Å². The maximum atomic E-state index is 12.8. The van der Waals surface area contributed by atoms with E-state index in [0.29, 0.717) is 69.7 Å². The lowest BCUT2D eigenvalue weighted by molar-refractivity contribution is -0.167. The van der Waals surface area contributed by atoms with E-state index in [0.717, 1.165) is 52.3 Å². The van der Waals surface area contributed by atoms with Crippen LogP contribution >= 0.6 is 11.8 Å². The summed E-state index contributed by atoms with van der Waals surface area (Å²) in [6, 6.07) is 24.5. The fourth-order valence-corrected chi connectivity index (χ4v) is 7.24. The number of ether oxygens (including phenoxy) is 6. The van der Waals surface area contributed by atoms with Crippen LogP contribution in [-0.4, -0.2) is 78.6 Å². The first-order chi connectivity index (χ1) is 27.3. The largest absolute Gasteiger partial charge is 0.508 e. The third-order valence-corrected chi connectivity index (χ3v) is 10.4. The van der Waals surface area contributed by atoms with Gasteiger partial charge in [-0.25, -0.2) is 4.79 Å². The molecule has 296 valence electrons. The van der Waals surface area contributed by atoms with Crippen LogP contribution in [0, 0.1) is 0 Å². The number of aromatic hydroxyl groups is 2. The number of benzene rings is 4. The molecule has 2 aliphatic heterocycles. The molecular weight excluding hydrogens is 739 g/mol. The standard InChI is InChI=1S/C43H47NO11S/c45-33-8-5-30(6-9-33)29-56-40-26-34(46)10-7-31(40)28-54-36-13-11-35(12-14-36)52-23-2-1-19-50-20-3-21-51-22-4-24-53-37-15-16-38-32(25-37)27-44(42(38)48)39-17-18-41(47)55-43(39)49/h5-16,25-26,39,45-46H,1-4,17-24,27-29H2. The summed E-state index contributed by atoms with van der Waals surface area (Å²) in [5, 5.41) is 19.5. The van der Waals surface area contributed by atoms with Gasteiger partial charge in [0.2, 0.25) is 0 Å². The van der Waals surface area contributed by atoms with Gasteiger partial charge < -0.3 is 43.5 Å². The highest BCUT2D eigenvalue weighted by Crippen LogP contribution is 2.32. The second kappa shape index (κ2) is 20.6. The number of fused-ring (bicyclic) bond motifs is 1. The Morgan fingerprint density at radius 1 is 0.679 bits per heavy atom. The van der Waals surface area contributed by atoms with Gasteiger partial charge in [0, 0.05) is 67.6 Å². The number of hydrogen-bond acceptors (Lipinski definition) is 12. The van der Waals surface area contributed by atoms with E-state index >= 15 is 0 Å². The van der Waals surface area contributed by atoms with E-state index in [1.807, 2.05) is 48.5 Å². The highest BCUT2D eigenvalue weighted by Gasteiger charge is 2.40. The van der Waals surface area contributed by atoms with Gasteiger partial charge in [0.15, 0.2) is 0 Å². The molecule has 0 aliphatic carbocycles. The smallest absolute Gasteiger partial charge is 0.336 e. The molecule has 1 fully saturated rings. The maximum Gasteiger partial charge on any atom is 0.336 e. The molecule has 4 aromatic rings. The molecule has 0 radical (unpaired) electrons. The van der Waals surface area contributed by atoms with Crippen molar-refractivity contribution in [2.24, 2.45) is 0 Å². The average molecular weight is 786 g/mol. The number of amides is 1. The summed E-state index contributed by atoms with van der Waals surface area (Å²) in [5.74, 6) is 1.83. The molecule has 1 saturated heterocycles. The average Bonchev–Trinajstić information content (AvgIpc) is 3.52. The van der Waals surface area contributed by atoms with Crippen LogP contribution in [0.2, 0.25) is 0 Å². The number of hydrogen-bond donors (Lipinski definition) is 2. The van der Waals surface area contributed by atoms with Gasteiger partial charge in [-0.2, -0.15) is 0 Å². The van der Waals surface area contributed by atoms with Crippen molar-refractivity contribution in [1.29, 1.82) is 0 Å². The second-order valence-electron chi connectivity index (χ2n) is 13.4. The van der Waals surface area contributed by atoms with E-state index in [-0.39, 0.29) is 36.8 Å². The molecule has 0 spiro atoms. The quantitative estimate of drug-likeness (QED) is 0.0359. The predicted molar refractivity (Wildman–Crippen MR) is 208 cm³/mol. The number of carbonyl (C=O) groups excluding carboxylic acids is 3. The number of phenols is 2. The minimum Gasteiger partial charge on any atom is -0.508 e. The molecule has 1 atom stereocenters. The number of nitrogens with zero attached hydrogens (tertiary/aromatic N) is 1. The van der Waals surface area contributed by atoms with Crippen LogP contribution in [0.5, 0.6) is 28.7 Å².